The molecule has 4 amide bonds. The Labute approximate surface area is 357 Å². The van der Waals surface area contributed by atoms with Gasteiger partial charge in [-0.25, -0.2) is 4.98 Å². The average molecular weight is 852 g/mol. The number of morpholine rings is 1. The van der Waals surface area contributed by atoms with E-state index in [-0.39, 0.29) is 73.3 Å². The number of aromatic nitrogens is 6. The molecular formula is C42H53N13O7. The lowest BCUT2D eigenvalue weighted by Crippen LogP contribution is -2.42. The number of nitrogens with two attached hydrogens (primary N) is 3. The second kappa shape index (κ2) is 18.8. The Morgan fingerprint density at radius 1 is 0.790 bits per heavy atom. The number of ether oxygens (including phenoxy) is 3. The van der Waals surface area contributed by atoms with E-state index in [0.29, 0.717) is 91.2 Å². The van der Waals surface area contributed by atoms with Gasteiger partial charge in [0.2, 0.25) is 17.8 Å². The van der Waals surface area contributed by atoms with Crippen molar-refractivity contribution in [3.05, 3.63) is 82.5 Å². The summed E-state index contributed by atoms with van der Waals surface area (Å²) in [4.78, 5) is 61.5. The van der Waals surface area contributed by atoms with E-state index in [1.807, 2.05) is 44.7 Å². The molecule has 5 aromatic rings. The fourth-order valence-electron chi connectivity index (χ4n) is 7.67. The summed E-state index contributed by atoms with van der Waals surface area (Å²) in [7, 11) is 0. The van der Waals surface area contributed by atoms with Gasteiger partial charge < -0.3 is 46.2 Å². The fourth-order valence-corrected chi connectivity index (χ4v) is 7.67. The quantitative estimate of drug-likeness (QED) is 0.0946. The van der Waals surface area contributed by atoms with Crippen LogP contribution in [0.3, 0.4) is 0 Å². The molecule has 7 rings (SSSR count). The number of benzene rings is 2. The molecule has 0 bridgehead atoms. The van der Waals surface area contributed by atoms with Crippen LogP contribution in [0.1, 0.15) is 66.9 Å². The molecule has 328 valence electrons. The first-order chi connectivity index (χ1) is 29.8. The highest BCUT2D eigenvalue weighted by Gasteiger charge is 2.26. The smallest absolute Gasteiger partial charge is 0.276 e. The Morgan fingerprint density at radius 3 is 2.03 bits per heavy atom. The summed E-state index contributed by atoms with van der Waals surface area (Å²) in [6.07, 6.45) is 3.73. The number of nitrogens with one attached hydrogen (secondary N) is 2. The summed E-state index contributed by atoms with van der Waals surface area (Å²) < 4.78 is 23.9. The third kappa shape index (κ3) is 9.50. The summed E-state index contributed by atoms with van der Waals surface area (Å²) in [6.45, 7) is 12.0. The molecule has 2 aromatic carbocycles. The predicted molar refractivity (Wildman–Crippen MR) is 231 cm³/mol. The van der Waals surface area contributed by atoms with Gasteiger partial charge in [0.1, 0.15) is 34.1 Å². The number of hydrogen-bond donors (Lipinski definition) is 5. The number of carbonyl (C=O) groups excluding carboxylic acids is 4. The van der Waals surface area contributed by atoms with E-state index in [9.17, 15) is 19.2 Å². The molecule has 5 heterocycles. The number of rotatable bonds is 11. The van der Waals surface area contributed by atoms with Gasteiger partial charge in [0.15, 0.2) is 0 Å². The molecular weight excluding hydrogens is 799 g/mol. The van der Waals surface area contributed by atoms with Gasteiger partial charge in [-0.15, -0.1) is 0 Å². The Balaban J connectivity index is 1.33. The van der Waals surface area contributed by atoms with Crippen molar-refractivity contribution in [2.75, 3.05) is 75.2 Å². The predicted octanol–water partition coefficient (Wildman–Crippen LogP) is 2.29. The van der Waals surface area contributed by atoms with Crippen molar-refractivity contribution in [3.8, 4) is 11.5 Å². The number of nitrogens with zero attached hydrogens (tertiary/aromatic N) is 8. The van der Waals surface area contributed by atoms with E-state index in [0.717, 1.165) is 0 Å². The number of primary amides is 2. The van der Waals surface area contributed by atoms with Crippen molar-refractivity contribution in [2.45, 2.75) is 47.3 Å². The first-order valence-corrected chi connectivity index (χ1v) is 20.5. The maximum absolute atomic E-state index is 13.8. The van der Waals surface area contributed by atoms with Gasteiger partial charge in [-0.05, 0) is 64.1 Å². The van der Waals surface area contributed by atoms with Gasteiger partial charge in [0.25, 0.3) is 11.8 Å². The average Bonchev–Trinajstić information content (AvgIpc) is 3.94. The zero-order chi connectivity index (χ0) is 44.1. The number of imidazole rings is 1. The molecule has 1 unspecified atom stereocenters. The first kappa shape index (κ1) is 43.2. The molecule has 0 spiro atoms. The summed E-state index contributed by atoms with van der Waals surface area (Å²) in [5, 5.41) is 14.8. The second-order valence-corrected chi connectivity index (χ2v) is 15.2. The highest BCUT2D eigenvalue weighted by Crippen LogP contribution is 2.37. The van der Waals surface area contributed by atoms with Crippen molar-refractivity contribution in [1.29, 1.82) is 0 Å². The number of aryl methyl sites for hydroxylation is 4. The molecule has 0 radical (unpaired) electrons. The van der Waals surface area contributed by atoms with Crippen LogP contribution in [-0.4, -0.2) is 117 Å². The molecule has 20 nitrogen and oxygen atoms in total. The molecule has 2 aliphatic heterocycles. The van der Waals surface area contributed by atoms with Gasteiger partial charge in [-0.2, -0.15) is 10.2 Å². The van der Waals surface area contributed by atoms with Crippen molar-refractivity contribution in [1.82, 2.24) is 39.3 Å². The summed E-state index contributed by atoms with van der Waals surface area (Å²) in [5.41, 5.74) is 22.3. The maximum atomic E-state index is 13.8. The van der Waals surface area contributed by atoms with E-state index in [2.05, 4.69) is 25.7 Å². The van der Waals surface area contributed by atoms with Gasteiger partial charge in [0.05, 0.1) is 55.7 Å². The third-order valence-corrected chi connectivity index (χ3v) is 10.7. The minimum Gasteiger partial charge on any atom is -0.491 e. The van der Waals surface area contributed by atoms with Crippen LogP contribution in [-0.2, 0) is 24.4 Å². The van der Waals surface area contributed by atoms with Crippen LogP contribution in [0, 0.1) is 19.8 Å². The second-order valence-electron chi connectivity index (χ2n) is 15.2. The summed E-state index contributed by atoms with van der Waals surface area (Å²) >= 11 is 0. The Bertz CT molecular complexity index is 2520. The number of amides is 4. The van der Waals surface area contributed by atoms with Crippen LogP contribution in [0.5, 0.6) is 11.5 Å². The normalized spacial score (nSPS) is 16.6. The van der Waals surface area contributed by atoms with Crippen LogP contribution in [0.25, 0.3) is 11.0 Å². The first-order valence-electron chi connectivity index (χ1n) is 20.5. The highest BCUT2D eigenvalue weighted by molar-refractivity contribution is 6.04. The highest BCUT2D eigenvalue weighted by atomic mass is 16.5. The van der Waals surface area contributed by atoms with Crippen LogP contribution in [0.4, 0.5) is 17.3 Å². The van der Waals surface area contributed by atoms with Crippen molar-refractivity contribution >= 4 is 52.0 Å². The zero-order valence-corrected chi connectivity index (χ0v) is 35.3. The maximum Gasteiger partial charge on any atom is 0.276 e. The monoisotopic (exact) mass is 851 g/mol. The van der Waals surface area contributed by atoms with Gasteiger partial charge in [-0.3, -0.25) is 38.8 Å². The SMILES string of the molecule is CCn1nc(C)cc1C(=O)NCN1C/C=C/Cn2c(NC(=O)c3cc(C)nn3CC)nc3cc(C(N)=O)cc(c32)OCC(CN2CCOCC2)COc2cc(C(N)=O)cc(N)c21. The molecule has 8 N–H and O–H groups in total. The molecule has 1 saturated heterocycles. The van der Waals surface area contributed by atoms with Gasteiger partial charge in [0, 0.05) is 62.9 Å². The third-order valence-electron chi connectivity index (χ3n) is 10.7. The fraction of sp³-hybridized carbons (Fsp3) is 0.405. The van der Waals surface area contributed by atoms with Crippen LogP contribution in [0.15, 0.2) is 48.6 Å². The van der Waals surface area contributed by atoms with E-state index in [1.165, 1.54) is 6.07 Å². The number of anilines is 3. The number of fused-ring (bicyclic) bond motifs is 1. The van der Waals surface area contributed by atoms with Crippen LogP contribution in [0.2, 0.25) is 0 Å². The molecule has 1 fully saturated rings. The van der Waals surface area contributed by atoms with Crippen LogP contribution >= 0.6 is 0 Å². The number of nitrogen functional groups attached to an aromatic ring is 1. The van der Waals surface area contributed by atoms with Crippen molar-refractivity contribution in [3.63, 3.8) is 0 Å². The lowest BCUT2D eigenvalue weighted by molar-refractivity contribution is 0.0215. The minimum absolute atomic E-state index is 0.0200. The largest absolute Gasteiger partial charge is 0.491 e. The molecule has 3 aromatic heterocycles. The Kier molecular flexibility index (Phi) is 13.1. The molecule has 62 heavy (non-hydrogen) atoms. The number of allylic oxidation sites excluding steroid dienone is 1. The minimum atomic E-state index is -0.693. The van der Waals surface area contributed by atoms with Crippen molar-refractivity contribution in [2.24, 2.45) is 17.4 Å². The lowest BCUT2D eigenvalue weighted by atomic mass is 10.1. The van der Waals surface area contributed by atoms with E-state index < -0.39 is 17.7 Å². The van der Waals surface area contributed by atoms with E-state index >= 15 is 0 Å². The van der Waals surface area contributed by atoms with Crippen LogP contribution < -0.4 is 42.2 Å². The zero-order valence-electron chi connectivity index (χ0n) is 35.3. The molecule has 0 saturated carbocycles. The standard InChI is InChI=1S/C42H53N13O7/c1-5-54-32(15-25(3)49-54)40(58)46-24-52-9-7-8-10-53-37-31(47-42(53)48-41(59)33-16-26(4)50-55(33)6-2)18-29(39(45)57)20-35(37)62-23-27(21-51-11-13-60-14-12-51)22-61-34-19-28(38(44)56)17-30(43)36(34)52/h7-8,15-20,27H,5-6,9-14,21-24,43H2,1-4H3,(H2,44,56)(H2,45,57)(H,46,58)(H,47,48,59)/b8-7+. The van der Waals surface area contributed by atoms with Gasteiger partial charge in [-0.1, -0.05) is 12.2 Å². The van der Waals surface area contributed by atoms with E-state index in [1.54, 1.807) is 44.3 Å². The molecule has 20 heteroatoms. The van der Waals surface area contributed by atoms with Gasteiger partial charge >= 0.3 is 0 Å². The summed E-state index contributed by atoms with van der Waals surface area (Å²) in [5.74, 6) is -1.66. The topological polar surface area (TPSA) is 258 Å². The summed E-state index contributed by atoms with van der Waals surface area (Å²) in [6, 6.07) is 9.58. The van der Waals surface area contributed by atoms with E-state index in [4.69, 9.17) is 36.4 Å². The molecule has 1 atom stereocenters. The molecule has 2 aliphatic rings. The number of hydrogen-bond acceptors (Lipinski definition) is 13. The molecule has 0 aliphatic carbocycles. The Morgan fingerprint density at radius 2 is 1.39 bits per heavy atom. The van der Waals surface area contributed by atoms with Crippen molar-refractivity contribution < 1.29 is 33.4 Å². The number of carbonyl (C=O) groups is 4. The lowest BCUT2D eigenvalue weighted by Gasteiger charge is -2.31. The Hall–Kier alpha value is -6.93.